The van der Waals surface area contributed by atoms with Crippen LogP contribution < -0.4 is 11.5 Å². The molecule has 3 rings (SSSR count). The largest absolute Gasteiger partial charge is 0.508 e. The zero-order valence-corrected chi connectivity index (χ0v) is 14.8. The van der Waals surface area contributed by atoms with Crippen LogP contribution >= 0.6 is 0 Å². The van der Waals surface area contributed by atoms with Crippen molar-refractivity contribution in [2.24, 2.45) is 5.73 Å². The van der Waals surface area contributed by atoms with E-state index < -0.39 is 5.91 Å². The van der Waals surface area contributed by atoms with Gasteiger partial charge in [0.15, 0.2) is 0 Å². The van der Waals surface area contributed by atoms with Crippen molar-refractivity contribution in [1.29, 1.82) is 0 Å². The number of nitrogens with two attached hydrogens (primary N) is 2. The Morgan fingerprint density at radius 1 is 1.28 bits per heavy atom. The second-order valence-corrected chi connectivity index (χ2v) is 6.63. The van der Waals surface area contributed by atoms with E-state index in [9.17, 15) is 9.90 Å². The van der Waals surface area contributed by atoms with Gasteiger partial charge in [0.1, 0.15) is 17.1 Å². The predicted octanol–water partition coefficient (Wildman–Crippen LogP) is 3.13. The normalized spacial score (nSPS) is 11.4. The molecule has 2 aromatic heterocycles. The summed E-state index contributed by atoms with van der Waals surface area (Å²) in [5.74, 6) is -0.242. The maximum Gasteiger partial charge on any atom is 0.267 e. The molecule has 0 aliphatic carbocycles. The van der Waals surface area contributed by atoms with Crippen molar-refractivity contribution < 1.29 is 9.90 Å². The van der Waals surface area contributed by atoms with E-state index in [0.29, 0.717) is 16.8 Å². The summed E-state index contributed by atoms with van der Waals surface area (Å²) in [6.07, 6.45) is 1.79. The van der Waals surface area contributed by atoms with Crippen LogP contribution in [0.5, 0.6) is 5.75 Å². The Morgan fingerprint density at radius 2 is 1.96 bits per heavy atom. The molecule has 1 aromatic carbocycles. The Kier molecular flexibility index (Phi) is 3.91. The molecule has 0 bridgehead atoms. The molecule has 25 heavy (non-hydrogen) atoms. The number of rotatable bonds is 3. The number of carbonyl (C=O) groups is 1. The van der Waals surface area contributed by atoms with Gasteiger partial charge in [-0.3, -0.25) is 9.20 Å². The number of aromatic hydroxyl groups is 1. The molecule has 0 saturated heterocycles. The Hall–Kier alpha value is -3.02. The minimum atomic E-state index is -0.618. The summed E-state index contributed by atoms with van der Waals surface area (Å²) in [4.78, 5) is 16.7. The van der Waals surface area contributed by atoms with Crippen LogP contribution in [0, 0.1) is 13.8 Å². The first-order chi connectivity index (χ1) is 11.7. The standard InChI is InChI=1S/C19H22N4O2/c1-9(2)13-8-23-15(22-13)7-12(17(20)18(23)19(21)25)16-10(3)5-6-14(24)11(16)4/h5-9,24H,20H2,1-4H3,(H2,21,25). The summed E-state index contributed by atoms with van der Waals surface area (Å²) >= 11 is 0. The van der Waals surface area contributed by atoms with Crippen LogP contribution in [-0.2, 0) is 0 Å². The van der Waals surface area contributed by atoms with E-state index in [1.54, 1.807) is 16.7 Å². The second kappa shape index (κ2) is 5.81. The van der Waals surface area contributed by atoms with Gasteiger partial charge in [0.05, 0.1) is 11.4 Å². The van der Waals surface area contributed by atoms with Crippen molar-refractivity contribution in [2.75, 3.05) is 5.73 Å². The maximum absolute atomic E-state index is 12.1. The number of hydrogen-bond acceptors (Lipinski definition) is 4. The predicted molar refractivity (Wildman–Crippen MR) is 98.8 cm³/mol. The fourth-order valence-corrected chi connectivity index (χ4v) is 3.15. The molecule has 0 aliphatic rings. The van der Waals surface area contributed by atoms with Crippen LogP contribution in [-0.4, -0.2) is 20.4 Å². The van der Waals surface area contributed by atoms with Crippen molar-refractivity contribution in [2.45, 2.75) is 33.6 Å². The maximum atomic E-state index is 12.1. The number of hydrogen-bond donors (Lipinski definition) is 3. The quantitative estimate of drug-likeness (QED) is 0.682. The molecule has 0 radical (unpaired) electrons. The molecule has 5 N–H and O–H groups in total. The number of nitrogen functional groups attached to an aromatic ring is 1. The topological polar surface area (TPSA) is 107 Å². The van der Waals surface area contributed by atoms with Gasteiger partial charge in [0.25, 0.3) is 5.91 Å². The van der Waals surface area contributed by atoms with E-state index in [2.05, 4.69) is 4.98 Å². The average molecular weight is 338 g/mol. The summed E-state index contributed by atoms with van der Waals surface area (Å²) in [5.41, 5.74) is 16.9. The molecule has 6 heteroatoms. The van der Waals surface area contributed by atoms with E-state index in [1.165, 1.54) is 0 Å². The summed E-state index contributed by atoms with van der Waals surface area (Å²) in [7, 11) is 0. The number of carbonyl (C=O) groups excluding carboxylic acids is 1. The Bertz CT molecular complexity index is 1000. The summed E-state index contributed by atoms with van der Waals surface area (Å²) < 4.78 is 1.64. The van der Waals surface area contributed by atoms with Crippen molar-refractivity contribution in [3.8, 4) is 16.9 Å². The molecule has 2 heterocycles. The number of phenols is 1. The molecule has 0 spiro atoms. The van der Waals surface area contributed by atoms with E-state index in [4.69, 9.17) is 11.5 Å². The van der Waals surface area contributed by atoms with E-state index in [-0.39, 0.29) is 23.0 Å². The van der Waals surface area contributed by atoms with Crippen LogP contribution in [0.4, 0.5) is 5.69 Å². The van der Waals surface area contributed by atoms with Crippen molar-refractivity contribution in [3.05, 3.63) is 46.9 Å². The van der Waals surface area contributed by atoms with Gasteiger partial charge < -0.3 is 16.6 Å². The number of anilines is 1. The molecule has 3 aromatic rings. The number of imidazole rings is 1. The smallest absolute Gasteiger partial charge is 0.267 e. The van der Waals surface area contributed by atoms with Crippen LogP contribution in [0.15, 0.2) is 24.4 Å². The number of primary amides is 1. The Labute approximate surface area is 146 Å². The first-order valence-electron chi connectivity index (χ1n) is 8.13. The summed E-state index contributed by atoms with van der Waals surface area (Å²) in [6.45, 7) is 7.80. The van der Waals surface area contributed by atoms with E-state index in [1.807, 2.05) is 39.8 Å². The molecule has 0 fully saturated rings. The van der Waals surface area contributed by atoms with E-state index >= 15 is 0 Å². The van der Waals surface area contributed by atoms with Gasteiger partial charge in [-0.1, -0.05) is 19.9 Å². The van der Waals surface area contributed by atoms with Crippen molar-refractivity contribution >= 4 is 17.2 Å². The average Bonchev–Trinajstić information content (AvgIpc) is 2.95. The highest BCUT2D eigenvalue weighted by Crippen LogP contribution is 2.38. The third-order valence-electron chi connectivity index (χ3n) is 4.55. The first-order valence-corrected chi connectivity index (χ1v) is 8.13. The van der Waals surface area contributed by atoms with Gasteiger partial charge in [0.2, 0.25) is 0 Å². The SMILES string of the molecule is Cc1ccc(O)c(C)c1-c1cc2nc(C(C)C)cn2c(C(N)=O)c1N. The van der Waals surface area contributed by atoms with Gasteiger partial charge in [-0.25, -0.2) is 4.98 Å². The highest BCUT2D eigenvalue weighted by atomic mass is 16.3. The Balaban J connectivity index is 2.43. The molecular weight excluding hydrogens is 316 g/mol. The second-order valence-electron chi connectivity index (χ2n) is 6.63. The number of phenolic OH excluding ortho intramolecular Hbond substituents is 1. The third-order valence-corrected chi connectivity index (χ3v) is 4.55. The van der Waals surface area contributed by atoms with Gasteiger partial charge in [-0.15, -0.1) is 0 Å². The monoisotopic (exact) mass is 338 g/mol. The van der Waals surface area contributed by atoms with Crippen LogP contribution in [0.25, 0.3) is 16.8 Å². The van der Waals surface area contributed by atoms with Crippen LogP contribution in [0.2, 0.25) is 0 Å². The zero-order chi connectivity index (χ0) is 18.5. The lowest BCUT2D eigenvalue weighted by Crippen LogP contribution is -2.18. The fraction of sp³-hybridized carbons (Fsp3) is 0.263. The highest BCUT2D eigenvalue weighted by molar-refractivity contribution is 6.02. The van der Waals surface area contributed by atoms with Gasteiger partial charge in [0, 0.05) is 11.8 Å². The fourth-order valence-electron chi connectivity index (χ4n) is 3.15. The number of amides is 1. The molecule has 1 amide bonds. The lowest BCUT2D eigenvalue weighted by molar-refractivity contribution is 0.0995. The number of fused-ring (bicyclic) bond motifs is 1. The summed E-state index contributed by atoms with van der Waals surface area (Å²) in [6, 6.07) is 5.29. The molecule has 0 unspecified atom stereocenters. The molecule has 0 saturated carbocycles. The number of benzene rings is 1. The van der Waals surface area contributed by atoms with Crippen molar-refractivity contribution in [1.82, 2.24) is 9.38 Å². The Morgan fingerprint density at radius 3 is 2.56 bits per heavy atom. The lowest BCUT2D eigenvalue weighted by Gasteiger charge is -2.16. The van der Waals surface area contributed by atoms with Gasteiger partial charge in [-0.05, 0) is 48.6 Å². The molecule has 130 valence electrons. The van der Waals surface area contributed by atoms with Gasteiger partial charge in [-0.2, -0.15) is 0 Å². The first kappa shape index (κ1) is 16.8. The van der Waals surface area contributed by atoms with Gasteiger partial charge >= 0.3 is 0 Å². The number of aromatic nitrogens is 2. The van der Waals surface area contributed by atoms with Crippen molar-refractivity contribution in [3.63, 3.8) is 0 Å². The molecular formula is C19H22N4O2. The molecule has 0 aliphatic heterocycles. The number of nitrogens with zero attached hydrogens (tertiary/aromatic N) is 2. The highest BCUT2D eigenvalue weighted by Gasteiger charge is 2.21. The molecule has 6 nitrogen and oxygen atoms in total. The minimum Gasteiger partial charge on any atom is -0.508 e. The minimum absolute atomic E-state index is 0.173. The summed E-state index contributed by atoms with van der Waals surface area (Å²) in [5, 5.41) is 10.1. The number of aryl methyl sites for hydroxylation is 1. The molecule has 0 atom stereocenters. The zero-order valence-electron chi connectivity index (χ0n) is 14.8. The van der Waals surface area contributed by atoms with E-state index in [0.717, 1.165) is 16.8 Å². The van der Waals surface area contributed by atoms with Crippen LogP contribution in [0.3, 0.4) is 0 Å². The number of pyridine rings is 1. The third kappa shape index (κ3) is 2.59. The van der Waals surface area contributed by atoms with Crippen LogP contribution in [0.1, 0.15) is 47.1 Å². The lowest BCUT2D eigenvalue weighted by atomic mass is 9.93.